The summed E-state index contributed by atoms with van der Waals surface area (Å²) in [5.74, 6) is 0.0249. The highest BCUT2D eigenvalue weighted by Crippen LogP contribution is 2.35. The van der Waals surface area contributed by atoms with Gasteiger partial charge in [0.15, 0.2) is 0 Å². The van der Waals surface area contributed by atoms with Crippen molar-refractivity contribution in [1.29, 1.82) is 0 Å². The van der Waals surface area contributed by atoms with E-state index >= 15 is 0 Å². The van der Waals surface area contributed by atoms with E-state index < -0.39 is 5.97 Å². The van der Waals surface area contributed by atoms with Crippen molar-refractivity contribution in [3.05, 3.63) is 12.2 Å². The van der Waals surface area contributed by atoms with Crippen LogP contribution in [0.15, 0.2) is 12.2 Å². The van der Waals surface area contributed by atoms with Crippen LogP contribution < -0.4 is 0 Å². The van der Waals surface area contributed by atoms with Crippen LogP contribution in [-0.2, 0) is 4.79 Å². The van der Waals surface area contributed by atoms with Gasteiger partial charge in [0.05, 0.1) is 0 Å². The van der Waals surface area contributed by atoms with Gasteiger partial charge in [-0.1, -0.05) is 13.5 Å². The summed E-state index contributed by atoms with van der Waals surface area (Å²) in [7, 11) is 0. The number of aliphatic carboxylic acids is 1. The van der Waals surface area contributed by atoms with Crippen molar-refractivity contribution in [1.82, 2.24) is 0 Å². The normalized spacial score (nSPS) is 28.4. The number of aliphatic hydroxyl groups is 1. The molecular weight excluding hydrogens is 192 g/mol. The molecule has 0 saturated heterocycles. The molecule has 0 heterocycles. The van der Waals surface area contributed by atoms with Gasteiger partial charge >= 0.3 is 5.97 Å². The van der Waals surface area contributed by atoms with Gasteiger partial charge in [-0.05, 0) is 43.4 Å². The number of rotatable bonds is 4. The molecule has 3 heteroatoms. The lowest BCUT2D eigenvalue weighted by Crippen LogP contribution is -2.24. The molecule has 0 spiro atoms. The van der Waals surface area contributed by atoms with Gasteiger partial charge in [-0.15, -0.1) is 0 Å². The first-order chi connectivity index (χ1) is 7.06. The van der Waals surface area contributed by atoms with Crippen LogP contribution in [-0.4, -0.2) is 22.8 Å². The van der Waals surface area contributed by atoms with Crippen LogP contribution in [0.4, 0.5) is 0 Å². The molecule has 1 aliphatic carbocycles. The summed E-state index contributed by atoms with van der Waals surface area (Å²) in [5, 5.41) is 17.8. The second kappa shape index (κ2) is 5.31. The van der Waals surface area contributed by atoms with Crippen LogP contribution in [0.3, 0.4) is 0 Å². The van der Waals surface area contributed by atoms with Crippen LogP contribution in [0.2, 0.25) is 0 Å². The summed E-state index contributed by atoms with van der Waals surface area (Å²) in [6, 6.07) is 0. The molecule has 3 nitrogen and oxygen atoms in total. The summed E-state index contributed by atoms with van der Waals surface area (Å²) < 4.78 is 0. The van der Waals surface area contributed by atoms with Gasteiger partial charge in [-0.3, -0.25) is 0 Å². The number of hydrogen-bond donors (Lipinski definition) is 2. The van der Waals surface area contributed by atoms with Crippen molar-refractivity contribution in [3.8, 4) is 0 Å². The Morgan fingerprint density at radius 3 is 2.33 bits per heavy atom. The highest BCUT2D eigenvalue weighted by molar-refractivity contribution is 5.86. The van der Waals surface area contributed by atoms with E-state index in [-0.39, 0.29) is 12.5 Å². The molecular formula is C12H20O3. The average Bonchev–Trinajstić information content (AvgIpc) is 2.27. The molecule has 0 aromatic heterocycles. The maximum absolute atomic E-state index is 10.8. The summed E-state index contributed by atoms with van der Waals surface area (Å²) in [6.45, 7) is 5.83. The second-order valence-electron chi connectivity index (χ2n) is 4.58. The highest BCUT2D eigenvalue weighted by Gasteiger charge is 2.28. The summed E-state index contributed by atoms with van der Waals surface area (Å²) in [6.07, 6.45) is 4.05. The molecule has 0 aliphatic heterocycles. The van der Waals surface area contributed by atoms with E-state index in [2.05, 4.69) is 6.58 Å². The lowest BCUT2D eigenvalue weighted by Gasteiger charge is -2.31. The number of hydrogen-bond acceptors (Lipinski definition) is 2. The molecule has 2 N–H and O–H groups in total. The van der Waals surface area contributed by atoms with Crippen molar-refractivity contribution in [3.63, 3.8) is 0 Å². The van der Waals surface area contributed by atoms with Crippen LogP contribution in [0.1, 0.15) is 32.6 Å². The minimum Gasteiger partial charge on any atom is -0.478 e. The molecule has 86 valence electrons. The Balaban J connectivity index is 2.46. The Hall–Kier alpha value is -0.830. The predicted octanol–water partition coefficient (Wildman–Crippen LogP) is 2.06. The maximum atomic E-state index is 10.8. The van der Waals surface area contributed by atoms with Gasteiger partial charge in [0.1, 0.15) is 0 Å². The monoisotopic (exact) mass is 212 g/mol. The third-order valence-corrected chi connectivity index (χ3v) is 3.68. The van der Waals surface area contributed by atoms with Gasteiger partial charge in [0.2, 0.25) is 0 Å². The average molecular weight is 212 g/mol. The molecule has 1 atom stereocenters. The molecule has 15 heavy (non-hydrogen) atoms. The highest BCUT2D eigenvalue weighted by atomic mass is 16.4. The Morgan fingerprint density at radius 2 is 1.93 bits per heavy atom. The Bertz CT molecular complexity index is 239. The zero-order valence-electron chi connectivity index (χ0n) is 9.28. The van der Waals surface area contributed by atoms with E-state index in [1.54, 1.807) is 0 Å². The molecule has 1 fully saturated rings. The fourth-order valence-electron chi connectivity index (χ4n) is 2.35. The Kier molecular flexibility index (Phi) is 4.33. The SMILES string of the molecule is C=C(C(=O)O)C(C)C1CCC(CO)CC1. The van der Waals surface area contributed by atoms with E-state index in [0.29, 0.717) is 17.4 Å². The summed E-state index contributed by atoms with van der Waals surface area (Å²) >= 11 is 0. The van der Waals surface area contributed by atoms with Crippen molar-refractivity contribution >= 4 is 5.97 Å². The first kappa shape index (κ1) is 12.2. The number of carbonyl (C=O) groups is 1. The van der Waals surface area contributed by atoms with Crippen LogP contribution in [0.5, 0.6) is 0 Å². The van der Waals surface area contributed by atoms with Gasteiger partial charge in [-0.2, -0.15) is 0 Å². The molecule has 0 bridgehead atoms. The smallest absolute Gasteiger partial charge is 0.331 e. The van der Waals surface area contributed by atoms with E-state index in [9.17, 15) is 4.79 Å². The summed E-state index contributed by atoms with van der Waals surface area (Å²) in [5.41, 5.74) is 0.322. The minimum atomic E-state index is -0.883. The molecule has 0 radical (unpaired) electrons. The van der Waals surface area contributed by atoms with Crippen molar-refractivity contribution in [2.24, 2.45) is 17.8 Å². The van der Waals surface area contributed by atoms with Crippen LogP contribution in [0.25, 0.3) is 0 Å². The number of carboxylic acids is 1. The van der Waals surface area contributed by atoms with Crippen LogP contribution >= 0.6 is 0 Å². The Labute approximate surface area is 90.8 Å². The first-order valence-corrected chi connectivity index (χ1v) is 5.59. The third kappa shape index (κ3) is 3.06. The molecule has 1 aliphatic rings. The fraction of sp³-hybridized carbons (Fsp3) is 0.750. The molecule has 0 aromatic carbocycles. The van der Waals surface area contributed by atoms with E-state index in [1.807, 2.05) is 6.92 Å². The zero-order chi connectivity index (χ0) is 11.4. The van der Waals surface area contributed by atoms with Gasteiger partial charge in [0, 0.05) is 12.2 Å². The first-order valence-electron chi connectivity index (χ1n) is 5.59. The van der Waals surface area contributed by atoms with Crippen molar-refractivity contribution < 1.29 is 15.0 Å². The molecule has 1 unspecified atom stereocenters. The van der Waals surface area contributed by atoms with Crippen molar-refractivity contribution in [2.45, 2.75) is 32.6 Å². The zero-order valence-corrected chi connectivity index (χ0v) is 9.28. The maximum Gasteiger partial charge on any atom is 0.331 e. The van der Waals surface area contributed by atoms with E-state index in [4.69, 9.17) is 10.2 Å². The standard InChI is InChI=1S/C12H20O3/c1-8(9(2)12(14)15)11-5-3-10(7-13)4-6-11/h8,10-11,13H,2-7H2,1H3,(H,14,15). The van der Waals surface area contributed by atoms with Crippen molar-refractivity contribution in [2.75, 3.05) is 6.61 Å². The topological polar surface area (TPSA) is 57.5 Å². The number of carboxylic acid groups (broad SMARTS) is 1. The molecule has 0 aromatic rings. The largest absolute Gasteiger partial charge is 0.478 e. The number of aliphatic hydroxyl groups excluding tert-OH is 1. The van der Waals surface area contributed by atoms with Gasteiger partial charge in [-0.25, -0.2) is 4.79 Å². The minimum absolute atomic E-state index is 0.0575. The molecule has 1 rings (SSSR count). The molecule has 1 saturated carbocycles. The lowest BCUT2D eigenvalue weighted by molar-refractivity contribution is -0.133. The third-order valence-electron chi connectivity index (χ3n) is 3.68. The van der Waals surface area contributed by atoms with E-state index in [1.165, 1.54) is 0 Å². The fourth-order valence-corrected chi connectivity index (χ4v) is 2.35. The van der Waals surface area contributed by atoms with Gasteiger partial charge in [0.25, 0.3) is 0 Å². The Morgan fingerprint density at radius 1 is 1.40 bits per heavy atom. The molecule has 0 amide bonds. The quantitative estimate of drug-likeness (QED) is 0.701. The van der Waals surface area contributed by atoms with Crippen LogP contribution in [0, 0.1) is 17.8 Å². The second-order valence-corrected chi connectivity index (χ2v) is 4.58. The van der Waals surface area contributed by atoms with Gasteiger partial charge < -0.3 is 10.2 Å². The lowest BCUT2D eigenvalue weighted by atomic mass is 9.74. The summed E-state index contributed by atoms with van der Waals surface area (Å²) in [4.78, 5) is 10.8. The van der Waals surface area contributed by atoms with E-state index in [0.717, 1.165) is 25.7 Å². The predicted molar refractivity (Wildman–Crippen MR) is 58.5 cm³/mol.